The van der Waals surface area contributed by atoms with E-state index in [0.29, 0.717) is 28.9 Å². The molecule has 0 fully saturated rings. The molecule has 0 radical (unpaired) electrons. The van der Waals surface area contributed by atoms with Crippen LogP contribution in [0.3, 0.4) is 0 Å². The van der Waals surface area contributed by atoms with Crippen molar-refractivity contribution in [3.8, 4) is 5.75 Å². The quantitative estimate of drug-likeness (QED) is 0.705. The molecule has 2 N–H and O–H groups in total. The molecule has 1 heterocycles. The number of fused-ring (bicyclic) bond motifs is 1. The Kier molecular flexibility index (Phi) is 6.48. The number of hydrogen-bond acceptors (Lipinski definition) is 5. The number of hydrogen-bond donors (Lipinski definition) is 2. The molecule has 0 saturated heterocycles. The normalized spacial score (nSPS) is 14.4. The number of ether oxygens (including phenoxy) is 1. The molecule has 0 bridgehead atoms. The van der Waals surface area contributed by atoms with Gasteiger partial charge in [-0.25, -0.2) is 9.59 Å². The molecule has 0 saturated carbocycles. The van der Waals surface area contributed by atoms with Crippen molar-refractivity contribution in [2.75, 3.05) is 0 Å². The lowest BCUT2D eigenvalue weighted by atomic mass is 9.99. The monoisotopic (exact) mass is 389 g/mol. The van der Waals surface area contributed by atoms with Crippen molar-refractivity contribution in [1.82, 2.24) is 5.32 Å². The smallest absolute Gasteiger partial charge is 0.339 e. The second-order valence-corrected chi connectivity index (χ2v) is 7.18. The summed E-state index contributed by atoms with van der Waals surface area (Å²) < 4.78 is 11.2. The number of carbonyl (C=O) groups excluding carboxylic acids is 1. The number of carbonyl (C=O) groups is 2. The molecule has 0 aliphatic rings. The van der Waals surface area contributed by atoms with Crippen LogP contribution in [0, 0.1) is 26.7 Å². The number of benzene rings is 1. The summed E-state index contributed by atoms with van der Waals surface area (Å²) >= 11 is 0. The zero-order chi connectivity index (χ0) is 21.2. The van der Waals surface area contributed by atoms with Gasteiger partial charge < -0.3 is 19.6 Å². The number of amides is 1. The fourth-order valence-electron chi connectivity index (χ4n) is 2.95. The summed E-state index contributed by atoms with van der Waals surface area (Å²) in [6.07, 6.45) is -0.297. The highest BCUT2D eigenvalue weighted by Crippen LogP contribution is 2.29. The van der Waals surface area contributed by atoms with E-state index in [1.165, 1.54) is 0 Å². The fraction of sp³-hybridized carbons (Fsp3) is 0.476. The van der Waals surface area contributed by atoms with Crippen molar-refractivity contribution in [3.63, 3.8) is 0 Å². The van der Waals surface area contributed by atoms with Crippen LogP contribution in [0.25, 0.3) is 11.0 Å². The Morgan fingerprint density at radius 1 is 1.14 bits per heavy atom. The lowest BCUT2D eigenvalue weighted by Crippen LogP contribution is -2.49. The van der Waals surface area contributed by atoms with E-state index in [9.17, 15) is 19.5 Å². The Morgan fingerprint density at radius 3 is 2.36 bits per heavy atom. The third-order valence-corrected chi connectivity index (χ3v) is 5.27. The summed E-state index contributed by atoms with van der Waals surface area (Å²) in [7, 11) is 0. The summed E-state index contributed by atoms with van der Waals surface area (Å²) in [6.45, 7) is 10.5. The minimum atomic E-state index is -1.08. The second-order valence-electron chi connectivity index (χ2n) is 7.18. The van der Waals surface area contributed by atoms with E-state index in [4.69, 9.17) is 9.15 Å². The van der Waals surface area contributed by atoms with E-state index in [-0.39, 0.29) is 5.92 Å². The van der Waals surface area contributed by atoms with Gasteiger partial charge in [-0.05, 0) is 51.3 Å². The molecule has 0 spiro atoms. The summed E-state index contributed by atoms with van der Waals surface area (Å²) in [4.78, 5) is 35.8. The molecule has 2 rings (SSSR count). The highest BCUT2D eigenvalue weighted by atomic mass is 16.5. The number of carboxylic acids is 1. The SMILES string of the molecule is CC[C@@H](C)[C@H](NC(=O)[C@H](C)Oc1ccc2c(C)c(C)c(=O)oc2c1C)C(=O)O. The predicted octanol–water partition coefficient (Wildman–Crippen LogP) is 3.10. The van der Waals surface area contributed by atoms with Crippen molar-refractivity contribution in [1.29, 1.82) is 0 Å². The molecule has 1 aromatic carbocycles. The van der Waals surface area contributed by atoms with E-state index in [1.807, 2.05) is 13.8 Å². The highest BCUT2D eigenvalue weighted by molar-refractivity contribution is 5.87. The first-order valence-corrected chi connectivity index (χ1v) is 9.31. The van der Waals surface area contributed by atoms with Crippen molar-refractivity contribution in [2.45, 2.75) is 60.1 Å². The van der Waals surface area contributed by atoms with Gasteiger partial charge in [0.15, 0.2) is 6.10 Å². The van der Waals surface area contributed by atoms with E-state index in [0.717, 1.165) is 10.9 Å². The maximum Gasteiger partial charge on any atom is 0.339 e. The third-order valence-electron chi connectivity index (χ3n) is 5.27. The fourth-order valence-corrected chi connectivity index (χ4v) is 2.95. The first-order chi connectivity index (χ1) is 13.1. The number of rotatable bonds is 7. The number of nitrogens with one attached hydrogen (secondary N) is 1. The van der Waals surface area contributed by atoms with Crippen LogP contribution in [0.15, 0.2) is 21.3 Å². The van der Waals surface area contributed by atoms with Gasteiger partial charge in [0.2, 0.25) is 0 Å². The Labute approximate surface area is 163 Å². The van der Waals surface area contributed by atoms with Gasteiger partial charge in [-0.3, -0.25) is 4.79 Å². The summed E-state index contributed by atoms with van der Waals surface area (Å²) in [5.74, 6) is -1.41. The van der Waals surface area contributed by atoms with Gasteiger partial charge in [0.25, 0.3) is 5.91 Å². The van der Waals surface area contributed by atoms with E-state index in [1.54, 1.807) is 39.8 Å². The average molecular weight is 389 g/mol. The van der Waals surface area contributed by atoms with Gasteiger partial charge in [-0.1, -0.05) is 20.3 Å². The van der Waals surface area contributed by atoms with Crippen LogP contribution in [0.1, 0.15) is 43.9 Å². The van der Waals surface area contributed by atoms with Gasteiger partial charge >= 0.3 is 11.6 Å². The molecule has 1 aromatic heterocycles. The molecule has 3 atom stereocenters. The zero-order valence-corrected chi connectivity index (χ0v) is 17.1. The summed E-state index contributed by atoms with van der Waals surface area (Å²) in [6, 6.07) is 2.52. The first kappa shape index (κ1) is 21.5. The highest BCUT2D eigenvalue weighted by Gasteiger charge is 2.28. The molecule has 28 heavy (non-hydrogen) atoms. The van der Waals surface area contributed by atoms with E-state index < -0.39 is 29.6 Å². The van der Waals surface area contributed by atoms with E-state index >= 15 is 0 Å². The van der Waals surface area contributed by atoms with Crippen molar-refractivity contribution >= 4 is 22.8 Å². The van der Waals surface area contributed by atoms with Crippen molar-refractivity contribution in [3.05, 3.63) is 39.2 Å². The van der Waals surface area contributed by atoms with Crippen LogP contribution >= 0.6 is 0 Å². The molecule has 152 valence electrons. The average Bonchev–Trinajstić information content (AvgIpc) is 2.65. The maximum absolute atomic E-state index is 12.4. The van der Waals surface area contributed by atoms with Crippen LogP contribution < -0.4 is 15.7 Å². The molecule has 0 aliphatic heterocycles. The number of aryl methyl sites for hydroxylation is 2. The number of carboxylic acid groups (broad SMARTS) is 1. The van der Waals surface area contributed by atoms with Gasteiger partial charge in [0, 0.05) is 16.5 Å². The third kappa shape index (κ3) is 4.18. The van der Waals surface area contributed by atoms with Gasteiger partial charge in [0.05, 0.1) is 0 Å². The van der Waals surface area contributed by atoms with Gasteiger partial charge in [0.1, 0.15) is 17.4 Å². The molecular formula is C21H27NO6. The molecule has 2 aromatic rings. The maximum atomic E-state index is 12.4. The minimum Gasteiger partial charge on any atom is -0.480 e. The molecule has 1 amide bonds. The Hall–Kier alpha value is -2.83. The van der Waals surface area contributed by atoms with Crippen molar-refractivity contribution in [2.24, 2.45) is 5.92 Å². The van der Waals surface area contributed by atoms with Crippen LogP contribution in [-0.2, 0) is 9.59 Å². The predicted molar refractivity (Wildman–Crippen MR) is 106 cm³/mol. The van der Waals surface area contributed by atoms with Crippen LogP contribution in [0.5, 0.6) is 5.75 Å². The standard InChI is InChI=1S/C21H27NO6/c1-7-10(2)17(20(24)25)22-19(23)14(6)27-16-9-8-15-11(3)12(4)21(26)28-18(15)13(16)5/h8-10,14,17H,7H2,1-6H3,(H,22,23)(H,24,25)/t10-,14+,17+/m1/s1. The largest absolute Gasteiger partial charge is 0.480 e. The topological polar surface area (TPSA) is 106 Å². The van der Waals surface area contributed by atoms with Crippen LogP contribution in [0.4, 0.5) is 0 Å². The lowest BCUT2D eigenvalue weighted by molar-refractivity contribution is -0.144. The van der Waals surface area contributed by atoms with Gasteiger partial charge in [-0.2, -0.15) is 0 Å². The molecule has 0 aliphatic carbocycles. The van der Waals surface area contributed by atoms with Gasteiger partial charge in [-0.15, -0.1) is 0 Å². The minimum absolute atomic E-state index is 0.212. The lowest BCUT2D eigenvalue weighted by Gasteiger charge is -2.23. The Bertz CT molecular complexity index is 962. The van der Waals surface area contributed by atoms with Crippen molar-refractivity contribution < 1.29 is 23.8 Å². The second kappa shape index (κ2) is 8.46. The van der Waals surface area contributed by atoms with Crippen LogP contribution in [-0.4, -0.2) is 29.1 Å². The summed E-state index contributed by atoms with van der Waals surface area (Å²) in [5.41, 5.74) is 2.01. The Balaban J connectivity index is 2.27. The molecule has 7 heteroatoms. The first-order valence-electron chi connectivity index (χ1n) is 9.31. The molecular weight excluding hydrogens is 362 g/mol. The molecule has 7 nitrogen and oxygen atoms in total. The zero-order valence-electron chi connectivity index (χ0n) is 17.1. The molecule has 0 unspecified atom stereocenters. The Morgan fingerprint density at radius 2 is 1.79 bits per heavy atom. The van der Waals surface area contributed by atoms with Crippen LogP contribution in [0.2, 0.25) is 0 Å². The number of aliphatic carboxylic acids is 1. The summed E-state index contributed by atoms with van der Waals surface area (Å²) in [5, 5.41) is 12.7. The van der Waals surface area contributed by atoms with E-state index in [2.05, 4.69) is 5.32 Å².